The molecule has 80 valence electrons. The van der Waals surface area contributed by atoms with Gasteiger partial charge in [0.25, 0.3) is 0 Å². The summed E-state index contributed by atoms with van der Waals surface area (Å²) >= 11 is 5.61. The average molecular weight is 216 g/mol. The van der Waals surface area contributed by atoms with Crippen LogP contribution >= 0.6 is 11.6 Å². The molecule has 0 aliphatic carbocycles. The number of nitrogens with zero attached hydrogens (tertiary/aromatic N) is 1. The van der Waals surface area contributed by atoms with Crippen molar-refractivity contribution in [1.82, 2.24) is 4.90 Å². The molecule has 0 saturated carbocycles. The second-order valence-electron chi connectivity index (χ2n) is 4.12. The normalized spacial score (nSPS) is 21.2. The fourth-order valence-electron chi connectivity index (χ4n) is 1.88. The number of ketones is 1. The largest absolute Gasteiger partial charge is 0.300 e. The van der Waals surface area contributed by atoms with Gasteiger partial charge in [0, 0.05) is 18.0 Å². The number of piperidine rings is 1. The van der Waals surface area contributed by atoms with Crippen molar-refractivity contribution in [2.24, 2.45) is 5.92 Å². The Hall–Kier alpha value is -0.340. The maximum Gasteiger partial charge on any atom is 0.133 e. The number of halogens is 1. The number of likely N-dealkylation sites (tertiary alicyclic amines) is 1. The fourth-order valence-corrected chi connectivity index (χ4v) is 1.95. The van der Waals surface area contributed by atoms with Crippen molar-refractivity contribution in [1.29, 1.82) is 0 Å². The molecule has 0 aromatic carbocycles. The van der Waals surface area contributed by atoms with Crippen LogP contribution < -0.4 is 0 Å². The van der Waals surface area contributed by atoms with Gasteiger partial charge in [-0.15, -0.1) is 0 Å². The van der Waals surface area contributed by atoms with Gasteiger partial charge in [-0.05, 0) is 45.4 Å². The summed E-state index contributed by atoms with van der Waals surface area (Å²) in [5.74, 6) is 0.640. The third-order valence-electron chi connectivity index (χ3n) is 2.82. The van der Waals surface area contributed by atoms with E-state index in [-0.39, 0.29) is 0 Å². The lowest BCUT2D eigenvalue weighted by atomic mass is 9.93. The molecular formula is C11H18ClNO. The third-order valence-corrected chi connectivity index (χ3v) is 3.19. The van der Waals surface area contributed by atoms with Crippen molar-refractivity contribution in [2.45, 2.75) is 26.7 Å². The summed E-state index contributed by atoms with van der Waals surface area (Å²) in [4.78, 5) is 13.5. The summed E-state index contributed by atoms with van der Waals surface area (Å²) < 4.78 is 0. The highest BCUT2D eigenvalue weighted by atomic mass is 35.5. The highest BCUT2D eigenvalue weighted by molar-refractivity contribution is 6.25. The molecule has 1 rings (SSSR count). The van der Waals surface area contributed by atoms with Crippen molar-refractivity contribution in [2.75, 3.05) is 19.6 Å². The standard InChI is InChI=1S/C11H18ClNO/c1-9(7-12)8-13-5-3-11(4-6-13)10(2)14/h7,11H,3-6,8H2,1-2H3. The highest BCUT2D eigenvalue weighted by Crippen LogP contribution is 2.18. The van der Waals surface area contributed by atoms with E-state index in [4.69, 9.17) is 11.6 Å². The zero-order chi connectivity index (χ0) is 10.6. The Labute approximate surface area is 90.9 Å². The van der Waals surface area contributed by atoms with E-state index < -0.39 is 0 Å². The summed E-state index contributed by atoms with van der Waals surface area (Å²) in [6.45, 7) is 6.71. The Morgan fingerprint density at radius 3 is 2.43 bits per heavy atom. The van der Waals surface area contributed by atoms with Gasteiger partial charge in [-0.2, -0.15) is 0 Å². The first-order valence-electron chi connectivity index (χ1n) is 5.12. The van der Waals surface area contributed by atoms with Crippen molar-refractivity contribution < 1.29 is 4.79 Å². The first-order chi connectivity index (χ1) is 6.63. The van der Waals surface area contributed by atoms with Gasteiger partial charge in [0.05, 0.1) is 0 Å². The van der Waals surface area contributed by atoms with Gasteiger partial charge in [0.15, 0.2) is 0 Å². The minimum absolute atomic E-state index is 0.298. The molecule has 0 aromatic heterocycles. The van der Waals surface area contributed by atoms with Crippen molar-refractivity contribution in [3.63, 3.8) is 0 Å². The molecule has 0 spiro atoms. The molecule has 1 aliphatic rings. The molecule has 0 radical (unpaired) electrons. The minimum atomic E-state index is 0.298. The van der Waals surface area contributed by atoms with Crippen LogP contribution in [0.5, 0.6) is 0 Å². The fraction of sp³-hybridized carbons (Fsp3) is 0.727. The van der Waals surface area contributed by atoms with E-state index in [9.17, 15) is 4.79 Å². The SMILES string of the molecule is CC(=O)C1CCN(CC(C)=CCl)CC1. The maximum absolute atomic E-state index is 11.1. The van der Waals surface area contributed by atoms with E-state index in [1.165, 1.54) is 5.57 Å². The van der Waals surface area contributed by atoms with Crippen LogP contribution in [0.15, 0.2) is 11.1 Å². The third kappa shape index (κ3) is 3.43. The number of hydrogen-bond acceptors (Lipinski definition) is 2. The smallest absolute Gasteiger partial charge is 0.133 e. The molecule has 3 heteroatoms. The molecule has 1 heterocycles. The Kier molecular flexibility index (Phi) is 4.63. The first kappa shape index (κ1) is 11.7. The van der Waals surface area contributed by atoms with Crippen molar-refractivity contribution >= 4 is 17.4 Å². The Bertz CT molecular complexity index is 229. The number of carbonyl (C=O) groups excluding carboxylic acids is 1. The quantitative estimate of drug-likeness (QED) is 0.721. The van der Waals surface area contributed by atoms with E-state index in [1.807, 2.05) is 6.92 Å². The average Bonchev–Trinajstić information content (AvgIpc) is 2.18. The monoisotopic (exact) mass is 215 g/mol. The van der Waals surface area contributed by atoms with Gasteiger partial charge in [0.1, 0.15) is 5.78 Å². The number of Topliss-reactive ketones (excluding diaryl/α,β-unsaturated/α-hetero) is 1. The molecule has 1 fully saturated rings. The predicted molar refractivity (Wildman–Crippen MR) is 59.5 cm³/mol. The second kappa shape index (κ2) is 5.52. The summed E-state index contributed by atoms with van der Waals surface area (Å²) in [7, 11) is 0. The van der Waals surface area contributed by atoms with Crippen LogP contribution in [-0.2, 0) is 4.79 Å². The Balaban J connectivity index is 2.32. The summed E-state index contributed by atoms with van der Waals surface area (Å²) in [6.07, 6.45) is 2.01. The van der Waals surface area contributed by atoms with Crippen molar-refractivity contribution in [3.8, 4) is 0 Å². The maximum atomic E-state index is 11.1. The molecule has 0 unspecified atom stereocenters. The molecule has 0 atom stereocenters. The summed E-state index contributed by atoms with van der Waals surface area (Å²) in [5, 5.41) is 0. The van der Waals surface area contributed by atoms with Gasteiger partial charge in [-0.3, -0.25) is 9.69 Å². The molecule has 0 aromatic rings. The zero-order valence-corrected chi connectivity index (χ0v) is 9.68. The van der Waals surface area contributed by atoms with Gasteiger partial charge in [-0.25, -0.2) is 0 Å². The second-order valence-corrected chi connectivity index (χ2v) is 4.33. The van der Waals surface area contributed by atoms with Gasteiger partial charge >= 0.3 is 0 Å². The van der Waals surface area contributed by atoms with Crippen LogP contribution in [-0.4, -0.2) is 30.3 Å². The predicted octanol–water partition coefficient (Wildman–Crippen LogP) is 2.43. The van der Waals surface area contributed by atoms with Gasteiger partial charge in [-0.1, -0.05) is 11.6 Å². The van der Waals surface area contributed by atoms with Gasteiger partial charge in [0.2, 0.25) is 0 Å². The summed E-state index contributed by atoms with van der Waals surface area (Å²) in [6, 6.07) is 0. The number of carbonyl (C=O) groups is 1. The molecule has 2 nitrogen and oxygen atoms in total. The van der Waals surface area contributed by atoms with E-state index in [0.717, 1.165) is 32.5 Å². The summed E-state index contributed by atoms with van der Waals surface area (Å²) in [5.41, 5.74) is 2.82. The van der Waals surface area contributed by atoms with Crippen LogP contribution in [0.3, 0.4) is 0 Å². The van der Waals surface area contributed by atoms with E-state index >= 15 is 0 Å². The topological polar surface area (TPSA) is 20.3 Å². The molecule has 1 aliphatic heterocycles. The van der Waals surface area contributed by atoms with Crippen LogP contribution in [0, 0.1) is 5.92 Å². The van der Waals surface area contributed by atoms with Crippen LogP contribution in [0.4, 0.5) is 0 Å². The molecule has 14 heavy (non-hydrogen) atoms. The number of hydrogen-bond donors (Lipinski definition) is 0. The molecule has 1 saturated heterocycles. The molecular weight excluding hydrogens is 198 g/mol. The lowest BCUT2D eigenvalue weighted by molar-refractivity contribution is -0.122. The van der Waals surface area contributed by atoms with Crippen LogP contribution in [0.2, 0.25) is 0 Å². The minimum Gasteiger partial charge on any atom is -0.300 e. The Morgan fingerprint density at radius 2 is 2.00 bits per heavy atom. The first-order valence-corrected chi connectivity index (χ1v) is 5.55. The lowest BCUT2D eigenvalue weighted by Crippen LogP contribution is -2.36. The van der Waals surface area contributed by atoms with Crippen molar-refractivity contribution in [3.05, 3.63) is 11.1 Å². The zero-order valence-electron chi connectivity index (χ0n) is 8.92. The molecule has 0 N–H and O–H groups in total. The van der Waals surface area contributed by atoms with Crippen LogP contribution in [0.25, 0.3) is 0 Å². The number of rotatable bonds is 3. The van der Waals surface area contributed by atoms with Crippen LogP contribution in [0.1, 0.15) is 26.7 Å². The van der Waals surface area contributed by atoms with E-state index in [1.54, 1.807) is 12.5 Å². The molecule has 0 bridgehead atoms. The molecule has 0 amide bonds. The van der Waals surface area contributed by atoms with E-state index in [0.29, 0.717) is 11.7 Å². The highest BCUT2D eigenvalue weighted by Gasteiger charge is 2.21. The Morgan fingerprint density at radius 1 is 1.43 bits per heavy atom. The lowest BCUT2D eigenvalue weighted by Gasteiger charge is -2.30. The van der Waals surface area contributed by atoms with E-state index in [2.05, 4.69) is 4.90 Å². The van der Waals surface area contributed by atoms with Gasteiger partial charge < -0.3 is 0 Å².